The monoisotopic (exact) mass is 323 g/mol. The maximum atomic E-state index is 12.6. The summed E-state index contributed by atoms with van der Waals surface area (Å²) in [6.07, 6.45) is 3.84. The normalized spacial score (nSPS) is 25.9. The fourth-order valence-corrected chi connectivity index (χ4v) is 4.62. The van der Waals surface area contributed by atoms with Crippen LogP contribution in [0.1, 0.15) is 51.5 Å². The van der Waals surface area contributed by atoms with Crippen LogP contribution in [0.2, 0.25) is 0 Å². The van der Waals surface area contributed by atoms with E-state index in [4.69, 9.17) is 0 Å². The number of ketones is 1. The first kappa shape index (κ1) is 17.2. The summed E-state index contributed by atoms with van der Waals surface area (Å²) in [6.45, 7) is 5.66. The molecule has 4 nitrogen and oxygen atoms in total. The van der Waals surface area contributed by atoms with E-state index in [1.807, 2.05) is 20.8 Å². The summed E-state index contributed by atoms with van der Waals surface area (Å²) in [5.74, 6) is 0.142. The van der Waals surface area contributed by atoms with E-state index in [2.05, 4.69) is 4.72 Å². The van der Waals surface area contributed by atoms with Crippen molar-refractivity contribution in [3.05, 3.63) is 29.8 Å². The second-order valence-corrected chi connectivity index (χ2v) is 8.14. The standard InChI is InChI=1S/C17H25NO3S/c1-4-16(19)17(3)12-6-5-7-15(17)18-22(20,21)14-10-8-13(2)9-11-14/h8-11,15,18H,4-7,12H2,1-3H3/t15-,17+/m0/s1. The molecule has 1 aliphatic rings. The van der Waals surface area contributed by atoms with Crippen molar-refractivity contribution in [1.82, 2.24) is 4.72 Å². The molecule has 22 heavy (non-hydrogen) atoms. The van der Waals surface area contributed by atoms with Crippen LogP contribution in [0, 0.1) is 12.3 Å². The Bertz CT molecular complexity index is 636. The number of benzene rings is 1. The Morgan fingerprint density at radius 3 is 2.50 bits per heavy atom. The van der Waals surface area contributed by atoms with Gasteiger partial charge in [0.1, 0.15) is 5.78 Å². The third kappa shape index (κ3) is 3.41. The second kappa shape index (κ2) is 6.50. The Labute approximate surface area is 133 Å². The van der Waals surface area contributed by atoms with Gasteiger partial charge in [-0.05, 0) is 31.9 Å². The summed E-state index contributed by atoms with van der Waals surface area (Å²) in [5.41, 5.74) is 0.424. The number of carbonyl (C=O) groups excluding carboxylic acids is 1. The molecule has 2 rings (SSSR count). The molecule has 0 amide bonds. The van der Waals surface area contributed by atoms with Gasteiger partial charge in [-0.3, -0.25) is 4.79 Å². The highest BCUT2D eigenvalue weighted by atomic mass is 32.2. The summed E-state index contributed by atoms with van der Waals surface area (Å²) in [5, 5.41) is 0. The van der Waals surface area contributed by atoms with Crippen molar-refractivity contribution in [3.8, 4) is 0 Å². The zero-order chi connectivity index (χ0) is 16.4. The first-order valence-corrected chi connectivity index (χ1v) is 9.40. The SMILES string of the molecule is CCC(=O)[C@]1(C)CCCC[C@@H]1NS(=O)(=O)c1ccc(C)cc1. The molecule has 1 N–H and O–H groups in total. The van der Waals surface area contributed by atoms with Gasteiger partial charge in [-0.2, -0.15) is 0 Å². The predicted molar refractivity (Wildman–Crippen MR) is 87.2 cm³/mol. The van der Waals surface area contributed by atoms with E-state index in [1.165, 1.54) is 0 Å². The van der Waals surface area contributed by atoms with Crippen LogP contribution in [0.15, 0.2) is 29.2 Å². The van der Waals surface area contributed by atoms with Crippen molar-refractivity contribution >= 4 is 15.8 Å². The van der Waals surface area contributed by atoms with Crippen molar-refractivity contribution < 1.29 is 13.2 Å². The van der Waals surface area contributed by atoms with E-state index in [9.17, 15) is 13.2 Å². The van der Waals surface area contributed by atoms with Crippen molar-refractivity contribution in [1.29, 1.82) is 0 Å². The lowest BCUT2D eigenvalue weighted by Gasteiger charge is -2.40. The van der Waals surface area contributed by atoms with Gasteiger partial charge < -0.3 is 0 Å². The highest BCUT2D eigenvalue weighted by molar-refractivity contribution is 7.89. The Balaban J connectivity index is 2.26. The van der Waals surface area contributed by atoms with E-state index in [0.29, 0.717) is 12.8 Å². The van der Waals surface area contributed by atoms with Gasteiger partial charge >= 0.3 is 0 Å². The molecule has 0 radical (unpaired) electrons. The highest BCUT2D eigenvalue weighted by Crippen LogP contribution is 2.38. The first-order valence-electron chi connectivity index (χ1n) is 7.92. The number of rotatable bonds is 5. The van der Waals surface area contributed by atoms with Gasteiger partial charge in [-0.15, -0.1) is 0 Å². The minimum absolute atomic E-state index is 0.142. The largest absolute Gasteiger partial charge is 0.299 e. The molecule has 0 aliphatic heterocycles. The van der Waals surface area contributed by atoms with Gasteiger partial charge in [-0.25, -0.2) is 13.1 Å². The summed E-state index contributed by atoms with van der Waals surface area (Å²) >= 11 is 0. The van der Waals surface area contributed by atoms with Crippen molar-refractivity contribution in [3.63, 3.8) is 0 Å². The Morgan fingerprint density at radius 2 is 1.91 bits per heavy atom. The van der Waals surface area contributed by atoms with Crippen molar-refractivity contribution in [2.24, 2.45) is 5.41 Å². The maximum absolute atomic E-state index is 12.6. The minimum atomic E-state index is -3.59. The van der Waals surface area contributed by atoms with Gasteiger partial charge in [0.05, 0.1) is 4.90 Å². The quantitative estimate of drug-likeness (QED) is 0.905. The van der Waals surface area contributed by atoms with Gasteiger partial charge in [0, 0.05) is 17.9 Å². The lowest BCUT2D eigenvalue weighted by molar-refractivity contribution is -0.130. The Hall–Kier alpha value is -1.20. The van der Waals surface area contributed by atoms with Gasteiger partial charge in [0.2, 0.25) is 10.0 Å². The molecule has 122 valence electrons. The third-order valence-electron chi connectivity index (χ3n) is 4.79. The predicted octanol–water partition coefficient (Wildman–Crippen LogP) is 3.20. The van der Waals surface area contributed by atoms with Gasteiger partial charge in [0.15, 0.2) is 0 Å². The van der Waals surface area contributed by atoms with Crippen LogP contribution in [0.4, 0.5) is 0 Å². The number of hydrogen-bond acceptors (Lipinski definition) is 3. The van der Waals surface area contributed by atoms with E-state index in [1.54, 1.807) is 24.3 Å². The Kier molecular flexibility index (Phi) is 5.07. The van der Waals surface area contributed by atoms with E-state index in [0.717, 1.165) is 24.8 Å². The molecule has 0 saturated heterocycles. The van der Waals surface area contributed by atoms with Crippen LogP contribution in [-0.2, 0) is 14.8 Å². The van der Waals surface area contributed by atoms with E-state index < -0.39 is 15.4 Å². The number of nitrogens with one attached hydrogen (secondary N) is 1. The third-order valence-corrected chi connectivity index (χ3v) is 6.28. The zero-order valence-electron chi connectivity index (χ0n) is 13.6. The number of carbonyl (C=O) groups is 1. The summed E-state index contributed by atoms with van der Waals surface area (Å²) < 4.78 is 28.0. The maximum Gasteiger partial charge on any atom is 0.240 e. The molecule has 0 bridgehead atoms. The molecule has 5 heteroatoms. The summed E-state index contributed by atoms with van der Waals surface area (Å²) in [4.78, 5) is 12.6. The van der Waals surface area contributed by atoms with Crippen LogP contribution in [0.25, 0.3) is 0 Å². The molecular weight excluding hydrogens is 298 g/mol. The number of sulfonamides is 1. The first-order chi connectivity index (χ1) is 10.3. The molecular formula is C17H25NO3S. The van der Waals surface area contributed by atoms with Gasteiger partial charge in [-0.1, -0.05) is 44.4 Å². The minimum Gasteiger partial charge on any atom is -0.299 e. The summed E-state index contributed by atoms with van der Waals surface area (Å²) in [7, 11) is -3.59. The molecule has 0 aromatic heterocycles. The molecule has 0 unspecified atom stereocenters. The average molecular weight is 323 g/mol. The van der Waals surface area contributed by atoms with Gasteiger partial charge in [0.25, 0.3) is 0 Å². The van der Waals surface area contributed by atoms with Crippen LogP contribution >= 0.6 is 0 Å². The molecule has 1 fully saturated rings. The molecule has 0 spiro atoms. The number of aryl methyl sites for hydroxylation is 1. The molecule has 1 aromatic rings. The molecule has 1 aromatic carbocycles. The van der Waals surface area contributed by atoms with Crippen LogP contribution in [0.5, 0.6) is 0 Å². The smallest absolute Gasteiger partial charge is 0.240 e. The lowest BCUT2D eigenvalue weighted by atomic mass is 9.69. The number of Topliss-reactive ketones (excluding diaryl/α,β-unsaturated/α-hetero) is 1. The number of hydrogen-bond donors (Lipinski definition) is 1. The highest BCUT2D eigenvalue weighted by Gasteiger charge is 2.43. The lowest BCUT2D eigenvalue weighted by Crippen LogP contribution is -2.51. The zero-order valence-corrected chi connectivity index (χ0v) is 14.4. The fourth-order valence-electron chi connectivity index (χ4n) is 3.23. The average Bonchev–Trinajstić information content (AvgIpc) is 2.49. The van der Waals surface area contributed by atoms with Crippen LogP contribution < -0.4 is 4.72 Å². The van der Waals surface area contributed by atoms with E-state index >= 15 is 0 Å². The second-order valence-electron chi connectivity index (χ2n) is 6.43. The molecule has 1 aliphatic carbocycles. The van der Waals surface area contributed by atoms with Crippen LogP contribution in [0.3, 0.4) is 0 Å². The fraction of sp³-hybridized carbons (Fsp3) is 0.588. The van der Waals surface area contributed by atoms with Crippen LogP contribution in [-0.4, -0.2) is 20.2 Å². The Morgan fingerprint density at radius 1 is 1.27 bits per heavy atom. The summed E-state index contributed by atoms with van der Waals surface area (Å²) in [6, 6.07) is 6.47. The van der Waals surface area contributed by atoms with Crippen molar-refractivity contribution in [2.75, 3.05) is 0 Å². The van der Waals surface area contributed by atoms with E-state index in [-0.39, 0.29) is 16.7 Å². The molecule has 0 heterocycles. The molecule has 1 saturated carbocycles. The van der Waals surface area contributed by atoms with Crippen molar-refractivity contribution in [2.45, 2.75) is 63.8 Å². The topological polar surface area (TPSA) is 63.2 Å². The molecule has 2 atom stereocenters.